The Kier molecular flexibility index (Phi) is 4.95. The summed E-state index contributed by atoms with van der Waals surface area (Å²) < 4.78 is 25.7. The summed E-state index contributed by atoms with van der Waals surface area (Å²) >= 11 is 6.12. The van der Waals surface area contributed by atoms with Crippen LogP contribution < -0.4 is 5.32 Å². The number of rotatable bonds is 4. The average molecular weight is 390 g/mol. The average Bonchev–Trinajstić information content (AvgIpc) is 2.62. The maximum absolute atomic E-state index is 12.7. The van der Waals surface area contributed by atoms with E-state index < -0.39 is 15.9 Å². The second-order valence-corrected chi connectivity index (χ2v) is 8.32. The smallest absolute Gasteiger partial charge is 0.257 e. The number of pyridine rings is 1. The minimum atomic E-state index is -3.67. The summed E-state index contributed by atoms with van der Waals surface area (Å²) in [5.41, 5.74) is 1.23. The van der Waals surface area contributed by atoms with Crippen molar-refractivity contribution in [1.82, 2.24) is 9.29 Å². The number of aromatic nitrogens is 1. The second kappa shape index (κ2) is 7.03. The predicted octanol–water partition coefficient (Wildman–Crippen LogP) is 3.39. The van der Waals surface area contributed by atoms with Gasteiger partial charge in [0.1, 0.15) is 0 Å². The van der Waals surface area contributed by atoms with Crippen LogP contribution in [0.4, 0.5) is 5.69 Å². The van der Waals surface area contributed by atoms with Crippen molar-refractivity contribution in [1.29, 1.82) is 0 Å². The Balaban J connectivity index is 2.00. The molecule has 0 bridgehead atoms. The van der Waals surface area contributed by atoms with Gasteiger partial charge in [0.05, 0.1) is 26.7 Å². The molecule has 3 aromatic rings. The van der Waals surface area contributed by atoms with Crippen LogP contribution in [0.2, 0.25) is 5.02 Å². The number of fused-ring (bicyclic) bond motifs is 1. The van der Waals surface area contributed by atoms with Crippen LogP contribution in [0.1, 0.15) is 10.4 Å². The molecule has 8 heteroatoms. The van der Waals surface area contributed by atoms with Gasteiger partial charge in [-0.15, -0.1) is 0 Å². The van der Waals surface area contributed by atoms with Gasteiger partial charge in [0.2, 0.25) is 10.0 Å². The number of carbonyl (C=O) groups is 1. The molecule has 1 aromatic heterocycles. The van der Waals surface area contributed by atoms with Crippen molar-refractivity contribution in [3.05, 3.63) is 65.3 Å². The number of nitrogens with one attached hydrogen (secondary N) is 1. The molecule has 6 nitrogen and oxygen atoms in total. The molecule has 0 saturated heterocycles. The Morgan fingerprint density at radius 2 is 1.85 bits per heavy atom. The number of hydrogen-bond donors (Lipinski definition) is 1. The molecule has 2 aromatic carbocycles. The zero-order valence-electron chi connectivity index (χ0n) is 14.1. The number of sulfonamides is 1. The normalized spacial score (nSPS) is 11.7. The summed E-state index contributed by atoms with van der Waals surface area (Å²) in [5.74, 6) is -0.510. The van der Waals surface area contributed by atoms with E-state index in [4.69, 9.17) is 11.6 Å². The third kappa shape index (κ3) is 3.41. The minimum absolute atomic E-state index is 0.00639. The number of amides is 1. The quantitative estimate of drug-likeness (QED) is 0.741. The van der Waals surface area contributed by atoms with Gasteiger partial charge < -0.3 is 5.32 Å². The van der Waals surface area contributed by atoms with Gasteiger partial charge in [-0.05, 0) is 30.3 Å². The SMILES string of the molecule is CN(C)S(=O)(=O)c1ccc(Cl)c(C(=O)Nc2cccc3cccnc23)c1. The van der Waals surface area contributed by atoms with Crippen molar-refractivity contribution in [3.8, 4) is 0 Å². The van der Waals surface area contributed by atoms with Crippen LogP contribution >= 0.6 is 11.6 Å². The summed E-state index contributed by atoms with van der Waals surface area (Å²) in [6.45, 7) is 0. The van der Waals surface area contributed by atoms with Crippen molar-refractivity contribution in [2.75, 3.05) is 19.4 Å². The van der Waals surface area contributed by atoms with Crippen molar-refractivity contribution in [2.24, 2.45) is 0 Å². The standard InChI is InChI=1S/C18H16ClN3O3S/c1-22(2)26(24,25)13-8-9-15(19)14(11-13)18(23)21-16-7-3-5-12-6-4-10-20-17(12)16/h3-11H,1-2H3,(H,21,23). The molecule has 134 valence electrons. The number of halogens is 1. The van der Waals surface area contributed by atoms with Crippen LogP contribution in [0, 0.1) is 0 Å². The lowest BCUT2D eigenvalue weighted by molar-refractivity contribution is 0.102. The largest absolute Gasteiger partial charge is 0.320 e. The molecule has 1 heterocycles. The zero-order chi connectivity index (χ0) is 18.9. The molecule has 0 atom stereocenters. The lowest BCUT2D eigenvalue weighted by atomic mass is 10.1. The molecular formula is C18H16ClN3O3S. The molecule has 0 aliphatic heterocycles. The number of para-hydroxylation sites is 1. The third-order valence-corrected chi connectivity index (χ3v) is 5.98. The summed E-state index contributed by atoms with van der Waals surface area (Å²) in [6, 6.07) is 13.1. The van der Waals surface area contributed by atoms with Crippen LogP contribution in [0.15, 0.2) is 59.6 Å². The molecule has 0 fully saturated rings. The topological polar surface area (TPSA) is 79.4 Å². The first-order valence-electron chi connectivity index (χ1n) is 7.68. The molecule has 0 aliphatic carbocycles. The Morgan fingerprint density at radius 3 is 2.58 bits per heavy atom. The van der Waals surface area contributed by atoms with E-state index in [2.05, 4.69) is 10.3 Å². The second-order valence-electron chi connectivity index (χ2n) is 5.76. The van der Waals surface area contributed by atoms with E-state index in [1.54, 1.807) is 24.4 Å². The highest BCUT2D eigenvalue weighted by Gasteiger charge is 2.21. The first-order chi connectivity index (χ1) is 12.3. The van der Waals surface area contributed by atoms with E-state index >= 15 is 0 Å². The third-order valence-electron chi connectivity index (χ3n) is 3.84. The number of nitrogens with zero attached hydrogens (tertiary/aromatic N) is 2. The van der Waals surface area contributed by atoms with E-state index in [0.717, 1.165) is 9.69 Å². The molecule has 0 radical (unpaired) electrons. The van der Waals surface area contributed by atoms with Crippen LogP contribution in [-0.2, 0) is 10.0 Å². The van der Waals surface area contributed by atoms with Crippen LogP contribution in [-0.4, -0.2) is 37.7 Å². The highest BCUT2D eigenvalue weighted by molar-refractivity contribution is 7.89. The Bertz CT molecular complexity index is 1090. The summed E-state index contributed by atoms with van der Waals surface area (Å²) in [5, 5.41) is 3.79. The molecular weight excluding hydrogens is 374 g/mol. The van der Waals surface area contributed by atoms with Gasteiger partial charge in [0.15, 0.2) is 0 Å². The molecule has 0 spiro atoms. The molecule has 1 amide bonds. The van der Waals surface area contributed by atoms with Crippen molar-refractivity contribution in [3.63, 3.8) is 0 Å². The molecule has 0 aliphatic rings. The van der Waals surface area contributed by atoms with Crippen LogP contribution in [0.25, 0.3) is 10.9 Å². The van der Waals surface area contributed by atoms with Gasteiger partial charge in [-0.3, -0.25) is 9.78 Å². The summed E-state index contributed by atoms with van der Waals surface area (Å²) in [6.07, 6.45) is 1.63. The van der Waals surface area contributed by atoms with E-state index in [1.807, 2.05) is 12.1 Å². The molecule has 3 rings (SSSR count). The van der Waals surface area contributed by atoms with E-state index in [-0.39, 0.29) is 15.5 Å². The fourth-order valence-corrected chi connectivity index (χ4v) is 3.58. The Labute approximate surface area is 156 Å². The molecule has 1 N–H and O–H groups in total. The van der Waals surface area contributed by atoms with Gasteiger partial charge in [-0.25, -0.2) is 12.7 Å². The van der Waals surface area contributed by atoms with E-state index in [9.17, 15) is 13.2 Å². The van der Waals surface area contributed by atoms with Gasteiger partial charge in [0.25, 0.3) is 5.91 Å². The summed E-state index contributed by atoms with van der Waals surface area (Å²) in [7, 11) is -0.831. The Morgan fingerprint density at radius 1 is 1.12 bits per heavy atom. The van der Waals surface area contributed by atoms with Crippen molar-refractivity contribution >= 4 is 44.1 Å². The molecule has 0 unspecified atom stereocenters. The van der Waals surface area contributed by atoms with Crippen molar-refractivity contribution in [2.45, 2.75) is 4.90 Å². The zero-order valence-corrected chi connectivity index (χ0v) is 15.7. The van der Waals surface area contributed by atoms with Gasteiger partial charge in [0, 0.05) is 25.7 Å². The fourth-order valence-electron chi connectivity index (χ4n) is 2.44. The van der Waals surface area contributed by atoms with Gasteiger partial charge in [-0.2, -0.15) is 0 Å². The first-order valence-corrected chi connectivity index (χ1v) is 9.49. The number of anilines is 1. The van der Waals surface area contributed by atoms with E-state index in [1.165, 1.54) is 32.3 Å². The number of hydrogen-bond acceptors (Lipinski definition) is 4. The van der Waals surface area contributed by atoms with Gasteiger partial charge >= 0.3 is 0 Å². The maximum atomic E-state index is 12.7. The highest BCUT2D eigenvalue weighted by atomic mass is 35.5. The van der Waals surface area contributed by atoms with Crippen molar-refractivity contribution < 1.29 is 13.2 Å². The molecule has 0 saturated carbocycles. The van der Waals surface area contributed by atoms with Crippen LogP contribution in [0.5, 0.6) is 0 Å². The lowest BCUT2D eigenvalue weighted by Crippen LogP contribution is -2.23. The number of carbonyl (C=O) groups excluding carboxylic acids is 1. The monoisotopic (exact) mass is 389 g/mol. The van der Waals surface area contributed by atoms with E-state index in [0.29, 0.717) is 11.2 Å². The summed E-state index contributed by atoms with van der Waals surface area (Å²) in [4.78, 5) is 17.0. The minimum Gasteiger partial charge on any atom is -0.320 e. The Hall–Kier alpha value is -2.48. The molecule has 26 heavy (non-hydrogen) atoms. The predicted molar refractivity (Wildman–Crippen MR) is 102 cm³/mol. The highest BCUT2D eigenvalue weighted by Crippen LogP contribution is 2.25. The van der Waals surface area contributed by atoms with Crippen LogP contribution in [0.3, 0.4) is 0 Å². The van der Waals surface area contributed by atoms with Gasteiger partial charge in [-0.1, -0.05) is 29.8 Å². The number of benzene rings is 2. The maximum Gasteiger partial charge on any atom is 0.257 e. The fraction of sp³-hybridized carbons (Fsp3) is 0.111. The first kappa shape index (κ1) is 18.3. The lowest BCUT2D eigenvalue weighted by Gasteiger charge is -2.13.